The predicted octanol–water partition coefficient (Wildman–Crippen LogP) is 0.861. The SMILES string of the molecule is Cc1ccc(-[n+]2[nH]oc(=O)c2C)cc1. The smallest absolute Gasteiger partial charge is 0.283 e. The van der Waals surface area contributed by atoms with Crippen LogP contribution < -0.4 is 10.3 Å². The summed E-state index contributed by atoms with van der Waals surface area (Å²) in [5.41, 5.74) is 2.26. The quantitative estimate of drug-likeness (QED) is 0.680. The van der Waals surface area contributed by atoms with Gasteiger partial charge in [0, 0.05) is 19.1 Å². The van der Waals surface area contributed by atoms with Crippen molar-refractivity contribution in [2.24, 2.45) is 0 Å². The van der Waals surface area contributed by atoms with Crippen molar-refractivity contribution in [2.45, 2.75) is 13.8 Å². The Morgan fingerprint density at radius 2 is 1.86 bits per heavy atom. The van der Waals surface area contributed by atoms with Crippen LogP contribution >= 0.6 is 0 Å². The second kappa shape index (κ2) is 3.14. The maximum Gasteiger partial charge on any atom is 0.430 e. The van der Waals surface area contributed by atoms with Crippen LogP contribution in [-0.2, 0) is 0 Å². The van der Waals surface area contributed by atoms with E-state index >= 15 is 0 Å². The van der Waals surface area contributed by atoms with Crippen LogP contribution in [0.3, 0.4) is 0 Å². The van der Waals surface area contributed by atoms with Gasteiger partial charge in [-0.1, -0.05) is 17.7 Å². The molecule has 2 rings (SSSR count). The van der Waals surface area contributed by atoms with Gasteiger partial charge in [0.25, 0.3) is 5.69 Å². The van der Waals surface area contributed by atoms with Crippen molar-refractivity contribution in [3.8, 4) is 5.69 Å². The van der Waals surface area contributed by atoms with Crippen LogP contribution in [0.5, 0.6) is 0 Å². The van der Waals surface area contributed by atoms with E-state index in [2.05, 4.69) is 9.79 Å². The number of aromatic amines is 1. The molecule has 0 spiro atoms. The molecular weight excluding hydrogens is 180 g/mol. The fraction of sp³-hybridized carbons (Fsp3) is 0.200. The Hall–Kier alpha value is -1.84. The molecule has 2 aromatic rings. The van der Waals surface area contributed by atoms with Crippen molar-refractivity contribution in [2.75, 3.05) is 0 Å². The first-order valence-electron chi connectivity index (χ1n) is 4.35. The van der Waals surface area contributed by atoms with Crippen LogP contribution in [0.2, 0.25) is 0 Å². The molecule has 1 heterocycles. The first-order chi connectivity index (χ1) is 6.68. The first-order valence-corrected chi connectivity index (χ1v) is 4.35. The van der Waals surface area contributed by atoms with Crippen LogP contribution in [0.4, 0.5) is 0 Å². The zero-order valence-corrected chi connectivity index (χ0v) is 8.07. The molecule has 1 N–H and O–H groups in total. The number of hydrogen-bond donors (Lipinski definition) is 1. The number of nitrogens with one attached hydrogen (secondary N) is 1. The largest absolute Gasteiger partial charge is 0.430 e. The minimum Gasteiger partial charge on any atom is -0.283 e. The molecule has 0 fully saturated rings. The maximum absolute atomic E-state index is 11.1. The summed E-state index contributed by atoms with van der Waals surface area (Å²) >= 11 is 0. The lowest BCUT2D eigenvalue weighted by Gasteiger charge is -1.91. The van der Waals surface area contributed by atoms with E-state index in [-0.39, 0.29) is 5.63 Å². The van der Waals surface area contributed by atoms with E-state index in [0.717, 1.165) is 5.69 Å². The summed E-state index contributed by atoms with van der Waals surface area (Å²) in [5.74, 6) is 0. The fourth-order valence-electron chi connectivity index (χ4n) is 1.26. The van der Waals surface area contributed by atoms with Crippen LogP contribution in [0, 0.1) is 13.8 Å². The Balaban J connectivity index is 2.55. The van der Waals surface area contributed by atoms with E-state index in [1.807, 2.05) is 31.2 Å². The molecule has 1 aromatic heterocycles. The third-order valence-corrected chi connectivity index (χ3v) is 2.15. The zero-order valence-electron chi connectivity index (χ0n) is 8.07. The number of hydrogen-bond acceptors (Lipinski definition) is 2. The normalized spacial score (nSPS) is 10.4. The molecule has 0 aliphatic rings. The third-order valence-electron chi connectivity index (χ3n) is 2.15. The van der Waals surface area contributed by atoms with Gasteiger partial charge in [0.1, 0.15) is 0 Å². The Kier molecular flexibility index (Phi) is 1.96. The van der Waals surface area contributed by atoms with Crippen LogP contribution in [0.1, 0.15) is 11.3 Å². The topological polar surface area (TPSA) is 49.9 Å². The Morgan fingerprint density at radius 1 is 1.21 bits per heavy atom. The molecule has 4 nitrogen and oxygen atoms in total. The zero-order chi connectivity index (χ0) is 10.1. The van der Waals surface area contributed by atoms with Gasteiger partial charge in [0.15, 0.2) is 0 Å². The van der Waals surface area contributed by atoms with E-state index in [1.54, 1.807) is 11.6 Å². The highest BCUT2D eigenvalue weighted by Crippen LogP contribution is 2.01. The van der Waals surface area contributed by atoms with Crippen molar-refractivity contribution in [1.82, 2.24) is 5.27 Å². The van der Waals surface area contributed by atoms with Gasteiger partial charge in [0.2, 0.25) is 5.69 Å². The molecular formula is C10H11N2O2+. The number of H-pyrrole nitrogens is 1. The van der Waals surface area contributed by atoms with Gasteiger partial charge in [-0.25, -0.2) is 4.79 Å². The molecule has 0 saturated heterocycles. The lowest BCUT2D eigenvalue weighted by Crippen LogP contribution is -2.36. The minimum atomic E-state index is -0.342. The molecule has 4 heteroatoms. The molecule has 72 valence electrons. The van der Waals surface area contributed by atoms with Crippen molar-refractivity contribution in [3.63, 3.8) is 0 Å². The monoisotopic (exact) mass is 191 g/mol. The highest BCUT2D eigenvalue weighted by atomic mass is 16.5. The number of benzene rings is 1. The average Bonchev–Trinajstić information content (AvgIpc) is 2.50. The number of rotatable bonds is 1. The van der Waals surface area contributed by atoms with E-state index in [0.29, 0.717) is 5.69 Å². The molecule has 0 radical (unpaired) electrons. The lowest BCUT2D eigenvalue weighted by molar-refractivity contribution is -0.676. The Bertz CT molecular complexity index is 494. The van der Waals surface area contributed by atoms with Crippen molar-refractivity contribution >= 4 is 0 Å². The molecule has 0 bridgehead atoms. The Morgan fingerprint density at radius 3 is 2.36 bits per heavy atom. The molecule has 14 heavy (non-hydrogen) atoms. The van der Waals surface area contributed by atoms with E-state index < -0.39 is 0 Å². The second-order valence-electron chi connectivity index (χ2n) is 3.24. The summed E-state index contributed by atoms with van der Waals surface area (Å²) in [6.45, 7) is 3.72. The van der Waals surface area contributed by atoms with Crippen LogP contribution in [0.15, 0.2) is 33.6 Å². The summed E-state index contributed by atoms with van der Waals surface area (Å²) in [4.78, 5) is 11.1. The highest BCUT2D eigenvalue weighted by Gasteiger charge is 2.17. The molecule has 0 aliphatic heterocycles. The van der Waals surface area contributed by atoms with Gasteiger partial charge in [-0.2, -0.15) is 0 Å². The van der Waals surface area contributed by atoms with Crippen molar-refractivity contribution in [3.05, 3.63) is 45.9 Å². The minimum absolute atomic E-state index is 0.342. The predicted molar refractivity (Wildman–Crippen MR) is 50.3 cm³/mol. The molecule has 0 amide bonds. The van der Waals surface area contributed by atoms with Gasteiger partial charge in [-0.3, -0.25) is 4.52 Å². The summed E-state index contributed by atoms with van der Waals surface area (Å²) in [7, 11) is 0. The summed E-state index contributed by atoms with van der Waals surface area (Å²) < 4.78 is 6.28. The number of nitrogens with zero attached hydrogens (tertiary/aromatic N) is 1. The third kappa shape index (κ3) is 1.35. The molecule has 0 unspecified atom stereocenters. The van der Waals surface area contributed by atoms with Gasteiger partial charge in [0.05, 0.1) is 0 Å². The van der Waals surface area contributed by atoms with Crippen molar-refractivity contribution in [1.29, 1.82) is 0 Å². The summed E-state index contributed by atoms with van der Waals surface area (Å²) in [6, 6.07) is 7.81. The van der Waals surface area contributed by atoms with Crippen LogP contribution in [-0.4, -0.2) is 5.27 Å². The summed E-state index contributed by atoms with van der Waals surface area (Å²) in [6.07, 6.45) is 0. The average molecular weight is 191 g/mol. The molecule has 0 aliphatic carbocycles. The van der Waals surface area contributed by atoms with E-state index in [9.17, 15) is 4.79 Å². The standard InChI is InChI=1S/C10H10N2O2/c1-7-3-5-9(6-4-7)12-8(2)10(13)14-11-12/h3-6H,1-2H3/p+1. The van der Waals surface area contributed by atoms with E-state index in [4.69, 9.17) is 0 Å². The van der Waals surface area contributed by atoms with Gasteiger partial charge >= 0.3 is 5.63 Å². The van der Waals surface area contributed by atoms with Gasteiger partial charge < -0.3 is 0 Å². The number of aromatic nitrogens is 2. The molecule has 1 aromatic carbocycles. The summed E-state index contributed by atoms with van der Waals surface area (Å²) in [5, 5.41) is 2.54. The maximum atomic E-state index is 11.1. The molecule has 0 saturated carbocycles. The van der Waals surface area contributed by atoms with Crippen molar-refractivity contribution < 1.29 is 9.20 Å². The Labute approximate surface area is 80.7 Å². The fourth-order valence-corrected chi connectivity index (χ4v) is 1.26. The lowest BCUT2D eigenvalue weighted by atomic mass is 10.2. The van der Waals surface area contributed by atoms with E-state index in [1.165, 1.54) is 5.56 Å². The molecule has 0 atom stereocenters. The van der Waals surface area contributed by atoms with Gasteiger partial charge in [-0.15, -0.1) is 0 Å². The second-order valence-corrected chi connectivity index (χ2v) is 3.24. The highest BCUT2D eigenvalue weighted by molar-refractivity contribution is 5.26. The first kappa shape index (κ1) is 8.74. The van der Waals surface area contributed by atoms with Crippen LogP contribution in [0.25, 0.3) is 5.69 Å². The number of aryl methyl sites for hydroxylation is 1. The van der Waals surface area contributed by atoms with Gasteiger partial charge in [-0.05, 0) is 16.9 Å².